The van der Waals surface area contributed by atoms with Gasteiger partial charge in [0, 0.05) is 13.2 Å². The van der Waals surface area contributed by atoms with Gasteiger partial charge in [0.05, 0.1) is 21.7 Å². The molecule has 1 aromatic rings. The number of sulfonamides is 1. The monoisotopic (exact) mass is 318 g/mol. The van der Waals surface area contributed by atoms with Gasteiger partial charge in [-0.1, -0.05) is 11.6 Å². The van der Waals surface area contributed by atoms with Crippen molar-refractivity contribution in [2.75, 3.05) is 12.8 Å². The highest BCUT2D eigenvalue weighted by Crippen LogP contribution is 2.28. The maximum absolute atomic E-state index is 12.4. The van der Waals surface area contributed by atoms with Crippen LogP contribution in [0.5, 0.6) is 0 Å². The van der Waals surface area contributed by atoms with Crippen molar-refractivity contribution in [3.05, 3.63) is 22.7 Å². The molecule has 0 heterocycles. The Balaban J connectivity index is 2.21. The maximum Gasteiger partial charge on any atom is 0.241 e. The summed E-state index contributed by atoms with van der Waals surface area (Å²) in [5.41, 5.74) is 6.54. The van der Waals surface area contributed by atoms with Crippen molar-refractivity contribution in [1.29, 1.82) is 0 Å². The molecule has 1 fully saturated rings. The molecule has 0 saturated heterocycles. The summed E-state index contributed by atoms with van der Waals surface area (Å²) in [6.45, 7) is 1.70. The second-order valence-electron chi connectivity index (χ2n) is 5.13. The molecule has 20 heavy (non-hydrogen) atoms. The van der Waals surface area contributed by atoms with Crippen molar-refractivity contribution in [2.45, 2.75) is 43.2 Å². The standard InChI is InChI=1S/C13H19ClN2O3S/c1-8-5-11(14)12(15)7-13(8)20(17,18)16-9-3-4-10(6-9)19-2/h5,7,9-10,16H,3-4,6,15H2,1-2H3. The highest BCUT2D eigenvalue weighted by atomic mass is 35.5. The maximum atomic E-state index is 12.4. The first-order valence-corrected chi connectivity index (χ1v) is 8.30. The fourth-order valence-electron chi connectivity index (χ4n) is 2.50. The molecule has 0 aliphatic heterocycles. The fraction of sp³-hybridized carbons (Fsp3) is 0.538. The molecule has 0 spiro atoms. The number of anilines is 1. The molecule has 2 unspecified atom stereocenters. The third kappa shape index (κ3) is 3.25. The first-order valence-electron chi connectivity index (χ1n) is 6.44. The van der Waals surface area contributed by atoms with Crippen LogP contribution < -0.4 is 10.5 Å². The van der Waals surface area contributed by atoms with Gasteiger partial charge >= 0.3 is 0 Å². The van der Waals surface area contributed by atoms with Crippen LogP contribution in [-0.2, 0) is 14.8 Å². The lowest BCUT2D eigenvalue weighted by atomic mass is 10.2. The van der Waals surface area contributed by atoms with Gasteiger partial charge in [0.1, 0.15) is 0 Å². The van der Waals surface area contributed by atoms with E-state index in [0.717, 1.165) is 12.8 Å². The number of hydrogen-bond acceptors (Lipinski definition) is 4. The zero-order valence-electron chi connectivity index (χ0n) is 11.5. The molecule has 1 saturated carbocycles. The summed E-state index contributed by atoms with van der Waals surface area (Å²) in [6.07, 6.45) is 2.46. The van der Waals surface area contributed by atoms with Crippen LogP contribution in [0.1, 0.15) is 24.8 Å². The van der Waals surface area contributed by atoms with Crippen molar-refractivity contribution in [3.63, 3.8) is 0 Å². The van der Waals surface area contributed by atoms with Gasteiger partial charge in [-0.15, -0.1) is 0 Å². The second kappa shape index (κ2) is 5.89. The van der Waals surface area contributed by atoms with Crippen molar-refractivity contribution in [2.24, 2.45) is 0 Å². The van der Waals surface area contributed by atoms with Crippen LogP contribution in [0.25, 0.3) is 0 Å². The Morgan fingerprint density at radius 1 is 1.40 bits per heavy atom. The minimum absolute atomic E-state index is 0.0961. The highest BCUT2D eigenvalue weighted by Gasteiger charge is 2.29. The van der Waals surface area contributed by atoms with Gasteiger partial charge in [0.15, 0.2) is 0 Å². The number of halogens is 1. The number of benzene rings is 1. The quantitative estimate of drug-likeness (QED) is 0.833. The summed E-state index contributed by atoms with van der Waals surface area (Å²) < 4.78 is 32.8. The van der Waals surface area contributed by atoms with E-state index in [1.54, 1.807) is 20.1 Å². The number of hydrogen-bond donors (Lipinski definition) is 2. The predicted octanol–water partition coefficient (Wildman–Crippen LogP) is 2.08. The van der Waals surface area contributed by atoms with E-state index in [4.69, 9.17) is 22.1 Å². The van der Waals surface area contributed by atoms with Gasteiger partial charge in [0.25, 0.3) is 0 Å². The second-order valence-corrected chi connectivity index (χ2v) is 7.22. The van der Waals surface area contributed by atoms with Crippen LogP contribution in [0.2, 0.25) is 5.02 Å². The van der Waals surface area contributed by atoms with E-state index in [9.17, 15) is 8.42 Å². The van der Waals surface area contributed by atoms with Crippen molar-refractivity contribution >= 4 is 27.3 Å². The van der Waals surface area contributed by atoms with Crippen LogP contribution in [0.15, 0.2) is 17.0 Å². The largest absolute Gasteiger partial charge is 0.397 e. The Kier molecular flexibility index (Phi) is 4.59. The van der Waals surface area contributed by atoms with Gasteiger partial charge in [-0.2, -0.15) is 0 Å². The summed E-state index contributed by atoms with van der Waals surface area (Å²) in [5, 5.41) is 0.363. The third-order valence-corrected chi connectivity index (χ3v) is 5.61. The Hall–Kier alpha value is -0.820. The lowest BCUT2D eigenvalue weighted by Gasteiger charge is -2.15. The fourth-order valence-corrected chi connectivity index (χ4v) is 4.27. The lowest BCUT2D eigenvalue weighted by Crippen LogP contribution is -2.33. The molecule has 2 rings (SSSR count). The average molecular weight is 319 g/mol. The molecule has 0 amide bonds. The minimum Gasteiger partial charge on any atom is -0.397 e. The summed E-state index contributed by atoms with van der Waals surface area (Å²) in [4.78, 5) is 0.181. The molecule has 1 aliphatic carbocycles. The highest BCUT2D eigenvalue weighted by molar-refractivity contribution is 7.89. The van der Waals surface area contributed by atoms with Gasteiger partial charge in [0.2, 0.25) is 10.0 Å². The minimum atomic E-state index is -3.59. The summed E-state index contributed by atoms with van der Waals surface area (Å²) >= 11 is 5.89. The van der Waals surface area contributed by atoms with E-state index in [-0.39, 0.29) is 22.7 Å². The van der Waals surface area contributed by atoms with Crippen molar-refractivity contribution < 1.29 is 13.2 Å². The van der Waals surface area contributed by atoms with Gasteiger partial charge in [-0.25, -0.2) is 13.1 Å². The lowest BCUT2D eigenvalue weighted by molar-refractivity contribution is 0.107. The zero-order chi connectivity index (χ0) is 14.9. The van der Waals surface area contributed by atoms with Crippen LogP contribution in [0.3, 0.4) is 0 Å². The van der Waals surface area contributed by atoms with E-state index in [1.165, 1.54) is 6.07 Å². The predicted molar refractivity (Wildman–Crippen MR) is 79.4 cm³/mol. The van der Waals surface area contributed by atoms with E-state index in [0.29, 0.717) is 17.0 Å². The van der Waals surface area contributed by atoms with E-state index in [2.05, 4.69) is 4.72 Å². The molecule has 5 nitrogen and oxygen atoms in total. The Labute approximate surface area is 124 Å². The number of rotatable bonds is 4. The number of methoxy groups -OCH3 is 1. The molecule has 112 valence electrons. The Morgan fingerprint density at radius 3 is 2.70 bits per heavy atom. The molecule has 0 radical (unpaired) electrons. The molecule has 1 aromatic carbocycles. The molecule has 7 heteroatoms. The number of aryl methyl sites for hydroxylation is 1. The van der Waals surface area contributed by atoms with Crippen molar-refractivity contribution in [1.82, 2.24) is 4.72 Å². The summed E-state index contributed by atoms with van der Waals surface area (Å²) in [7, 11) is -1.95. The van der Waals surface area contributed by atoms with Crippen molar-refractivity contribution in [3.8, 4) is 0 Å². The molecule has 0 bridgehead atoms. The Bertz CT molecular complexity index is 604. The van der Waals surface area contributed by atoms with E-state index >= 15 is 0 Å². The normalized spacial score (nSPS) is 23.1. The first-order chi connectivity index (χ1) is 9.33. The number of nitrogens with two attached hydrogens (primary N) is 1. The molecule has 0 aromatic heterocycles. The number of ether oxygens (including phenoxy) is 1. The van der Waals surface area contributed by atoms with Crippen LogP contribution in [-0.4, -0.2) is 27.7 Å². The topological polar surface area (TPSA) is 81.4 Å². The van der Waals surface area contributed by atoms with Crippen LogP contribution >= 0.6 is 11.6 Å². The van der Waals surface area contributed by atoms with Gasteiger partial charge in [-0.3, -0.25) is 0 Å². The smallest absolute Gasteiger partial charge is 0.241 e. The van der Waals surface area contributed by atoms with Crippen LogP contribution in [0, 0.1) is 6.92 Å². The summed E-state index contributed by atoms with van der Waals surface area (Å²) in [6, 6.07) is 2.88. The first kappa shape index (κ1) is 15.6. The van der Waals surface area contributed by atoms with Gasteiger partial charge in [-0.05, 0) is 43.9 Å². The van der Waals surface area contributed by atoms with Gasteiger partial charge < -0.3 is 10.5 Å². The molecular weight excluding hydrogens is 300 g/mol. The summed E-state index contributed by atoms with van der Waals surface area (Å²) in [5.74, 6) is 0. The molecule has 3 N–H and O–H groups in total. The van der Waals surface area contributed by atoms with Crippen LogP contribution in [0.4, 0.5) is 5.69 Å². The number of nitrogen functional groups attached to an aromatic ring is 1. The molecule has 2 atom stereocenters. The molecular formula is C13H19ClN2O3S. The van der Waals surface area contributed by atoms with E-state index < -0.39 is 10.0 Å². The SMILES string of the molecule is COC1CCC(NS(=O)(=O)c2cc(N)c(Cl)cc2C)C1. The van der Waals surface area contributed by atoms with E-state index in [1.807, 2.05) is 0 Å². The zero-order valence-corrected chi connectivity index (χ0v) is 13.1. The average Bonchev–Trinajstić information content (AvgIpc) is 2.80. The Morgan fingerprint density at radius 2 is 2.10 bits per heavy atom. The molecule has 1 aliphatic rings. The number of nitrogens with one attached hydrogen (secondary N) is 1. The third-order valence-electron chi connectivity index (χ3n) is 3.62.